The van der Waals surface area contributed by atoms with Gasteiger partial charge in [-0.25, -0.2) is 10.1 Å². The molecule has 2 rings (SSSR count). The largest absolute Gasteiger partial charge is 0.368 e. The zero-order valence-electron chi connectivity index (χ0n) is 6.90. The predicted molar refractivity (Wildman–Crippen MR) is 57.5 cm³/mol. The van der Waals surface area contributed by atoms with Gasteiger partial charge in [0.2, 0.25) is 11.1 Å². The number of thioether (sulfide) groups is 1. The van der Waals surface area contributed by atoms with E-state index in [1.165, 1.54) is 23.1 Å². The summed E-state index contributed by atoms with van der Waals surface area (Å²) in [7, 11) is 0. The number of thiazole rings is 1. The molecule has 0 fully saturated rings. The van der Waals surface area contributed by atoms with Crippen molar-refractivity contribution in [3.63, 3.8) is 0 Å². The number of nitrogens with zero attached hydrogens (tertiary/aromatic N) is 3. The Labute approximate surface area is 93.1 Å². The van der Waals surface area contributed by atoms with Gasteiger partial charge in [-0.05, 0) is 0 Å². The Morgan fingerprint density at radius 1 is 1.64 bits per heavy atom. The van der Waals surface area contributed by atoms with Gasteiger partial charge in [0.1, 0.15) is 0 Å². The lowest BCUT2D eigenvalue weighted by Gasteiger charge is -1.90. The Hall–Kier alpha value is -0.790. The first kappa shape index (κ1) is 9.75. The molecule has 14 heavy (non-hydrogen) atoms. The minimum absolute atomic E-state index is 0.329. The van der Waals surface area contributed by atoms with Gasteiger partial charge in [0.05, 0.1) is 0 Å². The van der Waals surface area contributed by atoms with Crippen LogP contribution in [-0.4, -0.2) is 20.2 Å². The summed E-state index contributed by atoms with van der Waals surface area (Å²) in [6.45, 7) is 0. The second-order valence-corrected chi connectivity index (χ2v) is 5.01. The Bertz CT molecular complexity index is 385. The third-order valence-electron chi connectivity index (χ3n) is 1.35. The summed E-state index contributed by atoms with van der Waals surface area (Å²) in [6, 6.07) is 0. The van der Waals surface area contributed by atoms with E-state index in [2.05, 4.69) is 20.2 Å². The van der Waals surface area contributed by atoms with Crippen LogP contribution in [0.25, 0.3) is 0 Å². The van der Waals surface area contributed by atoms with Gasteiger partial charge in [-0.15, -0.1) is 16.4 Å². The maximum Gasteiger partial charge on any atom is 0.216 e. The van der Waals surface area contributed by atoms with E-state index in [0.717, 1.165) is 10.6 Å². The summed E-state index contributed by atoms with van der Waals surface area (Å²) in [5.74, 6) is 1.08. The summed E-state index contributed by atoms with van der Waals surface area (Å²) in [4.78, 5) is 8.98. The SMILES string of the molecule is Nc1nc(SCc2cnc(Cl)s2)n[nH]1. The first-order valence-electron chi connectivity index (χ1n) is 3.65. The second-order valence-electron chi connectivity index (χ2n) is 2.37. The molecule has 0 atom stereocenters. The first-order chi connectivity index (χ1) is 6.74. The molecule has 0 aliphatic carbocycles. The van der Waals surface area contributed by atoms with E-state index < -0.39 is 0 Å². The van der Waals surface area contributed by atoms with E-state index in [-0.39, 0.29) is 0 Å². The van der Waals surface area contributed by atoms with Crippen LogP contribution in [0.15, 0.2) is 11.4 Å². The molecule has 0 saturated heterocycles. The Morgan fingerprint density at radius 2 is 2.50 bits per heavy atom. The first-order valence-corrected chi connectivity index (χ1v) is 5.83. The molecule has 74 valence electrons. The van der Waals surface area contributed by atoms with Crippen molar-refractivity contribution in [1.29, 1.82) is 0 Å². The lowest BCUT2D eigenvalue weighted by atomic mass is 10.6. The minimum atomic E-state index is 0.329. The van der Waals surface area contributed by atoms with Crippen LogP contribution >= 0.6 is 34.7 Å². The summed E-state index contributed by atoms with van der Waals surface area (Å²) < 4.78 is 0.551. The molecular formula is C6H6ClN5S2. The molecule has 0 radical (unpaired) electrons. The number of hydrogen-bond acceptors (Lipinski definition) is 6. The summed E-state index contributed by atoms with van der Waals surface area (Å²) >= 11 is 8.62. The molecule has 0 spiro atoms. The lowest BCUT2D eigenvalue weighted by Crippen LogP contribution is -1.85. The molecule has 0 saturated carbocycles. The van der Waals surface area contributed by atoms with Crippen LogP contribution in [0.5, 0.6) is 0 Å². The van der Waals surface area contributed by atoms with Gasteiger partial charge < -0.3 is 5.73 Å². The van der Waals surface area contributed by atoms with Crippen LogP contribution in [0.3, 0.4) is 0 Å². The number of aromatic nitrogens is 4. The molecule has 0 aliphatic rings. The van der Waals surface area contributed by atoms with Gasteiger partial charge in [0.25, 0.3) is 0 Å². The molecule has 0 aliphatic heterocycles. The highest BCUT2D eigenvalue weighted by Gasteiger charge is 2.04. The zero-order chi connectivity index (χ0) is 9.97. The predicted octanol–water partition coefficient (Wildman–Crippen LogP) is 1.79. The molecule has 5 nitrogen and oxygen atoms in total. The van der Waals surface area contributed by atoms with Crippen LogP contribution < -0.4 is 5.73 Å². The van der Waals surface area contributed by atoms with Crippen LogP contribution in [0, 0.1) is 0 Å². The fourth-order valence-corrected chi connectivity index (χ4v) is 2.61. The quantitative estimate of drug-likeness (QED) is 0.809. The molecule has 2 aromatic heterocycles. The molecule has 2 aromatic rings. The van der Waals surface area contributed by atoms with Crippen molar-refractivity contribution in [1.82, 2.24) is 20.2 Å². The van der Waals surface area contributed by atoms with E-state index in [1.54, 1.807) is 6.20 Å². The molecule has 0 unspecified atom stereocenters. The Balaban J connectivity index is 1.94. The van der Waals surface area contributed by atoms with E-state index in [9.17, 15) is 0 Å². The number of hydrogen-bond donors (Lipinski definition) is 2. The molecule has 8 heteroatoms. The normalized spacial score (nSPS) is 10.6. The number of nitrogens with one attached hydrogen (secondary N) is 1. The van der Waals surface area contributed by atoms with E-state index >= 15 is 0 Å². The van der Waals surface area contributed by atoms with Gasteiger partial charge in [-0.1, -0.05) is 23.4 Å². The number of anilines is 1. The van der Waals surface area contributed by atoms with Crippen molar-refractivity contribution in [2.45, 2.75) is 10.9 Å². The number of H-pyrrole nitrogens is 1. The monoisotopic (exact) mass is 247 g/mol. The van der Waals surface area contributed by atoms with Crippen molar-refractivity contribution in [2.24, 2.45) is 0 Å². The number of rotatable bonds is 3. The van der Waals surface area contributed by atoms with Crippen LogP contribution in [0.2, 0.25) is 4.47 Å². The van der Waals surface area contributed by atoms with Gasteiger partial charge in [-0.2, -0.15) is 4.98 Å². The van der Waals surface area contributed by atoms with Crippen molar-refractivity contribution < 1.29 is 0 Å². The van der Waals surface area contributed by atoms with Crippen molar-refractivity contribution in [3.8, 4) is 0 Å². The number of nitrogens with two attached hydrogens (primary N) is 1. The maximum absolute atomic E-state index is 5.69. The molecule has 3 N–H and O–H groups in total. The molecule has 0 aromatic carbocycles. The van der Waals surface area contributed by atoms with Crippen LogP contribution in [0.1, 0.15) is 4.88 Å². The minimum Gasteiger partial charge on any atom is -0.368 e. The summed E-state index contributed by atoms with van der Waals surface area (Å²) in [5.41, 5.74) is 5.38. The van der Waals surface area contributed by atoms with E-state index in [1.807, 2.05) is 0 Å². The molecular weight excluding hydrogens is 242 g/mol. The topological polar surface area (TPSA) is 80.5 Å². The zero-order valence-corrected chi connectivity index (χ0v) is 9.29. The Kier molecular flexibility index (Phi) is 2.90. The van der Waals surface area contributed by atoms with Crippen LogP contribution in [0.4, 0.5) is 5.95 Å². The van der Waals surface area contributed by atoms with Crippen molar-refractivity contribution >= 4 is 40.6 Å². The molecule has 2 heterocycles. The van der Waals surface area contributed by atoms with Gasteiger partial charge >= 0.3 is 0 Å². The highest BCUT2D eigenvalue weighted by molar-refractivity contribution is 7.98. The Morgan fingerprint density at radius 3 is 3.07 bits per heavy atom. The number of halogens is 1. The fourth-order valence-electron chi connectivity index (χ4n) is 0.809. The number of nitrogen functional groups attached to an aromatic ring is 1. The highest BCUT2D eigenvalue weighted by atomic mass is 35.5. The van der Waals surface area contributed by atoms with Gasteiger partial charge in [0.15, 0.2) is 4.47 Å². The van der Waals surface area contributed by atoms with Crippen LogP contribution in [-0.2, 0) is 5.75 Å². The van der Waals surface area contributed by atoms with Gasteiger partial charge in [0, 0.05) is 16.8 Å². The summed E-state index contributed by atoms with van der Waals surface area (Å²) in [5, 5.41) is 7.09. The average molecular weight is 248 g/mol. The second kappa shape index (κ2) is 4.16. The van der Waals surface area contributed by atoms with Crippen molar-refractivity contribution in [2.75, 3.05) is 5.73 Å². The fraction of sp³-hybridized carbons (Fsp3) is 0.167. The van der Waals surface area contributed by atoms with Gasteiger partial charge in [-0.3, -0.25) is 0 Å². The van der Waals surface area contributed by atoms with E-state index in [0.29, 0.717) is 15.6 Å². The van der Waals surface area contributed by atoms with Crippen molar-refractivity contribution in [3.05, 3.63) is 15.5 Å². The molecule has 0 bridgehead atoms. The summed E-state index contributed by atoms with van der Waals surface area (Å²) in [6.07, 6.45) is 1.75. The number of aromatic amines is 1. The maximum atomic E-state index is 5.69. The third-order valence-corrected chi connectivity index (χ3v) is 3.54. The third kappa shape index (κ3) is 2.37. The molecule has 0 amide bonds. The highest BCUT2D eigenvalue weighted by Crippen LogP contribution is 2.25. The smallest absolute Gasteiger partial charge is 0.216 e. The standard InChI is InChI=1S/C6H6ClN5S2/c7-4-9-1-3(14-4)2-13-6-10-5(8)11-12-6/h1H,2H2,(H3,8,10,11,12). The average Bonchev–Trinajstić information content (AvgIpc) is 2.72. The lowest BCUT2D eigenvalue weighted by molar-refractivity contribution is 0.973. The van der Waals surface area contributed by atoms with E-state index in [4.69, 9.17) is 17.3 Å².